The van der Waals surface area contributed by atoms with Gasteiger partial charge < -0.3 is 10.3 Å². The van der Waals surface area contributed by atoms with Gasteiger partial charge in [-0.25, -0.2) is 15.1 Å². The van der Waals surface area contributed by atoms with Crippen molar-refractivity contribution in [2.24, 2.45) is 0 Å². The van der Waals surface area contributed by atoms with Gasteiger partial charge in [-0.3, -0.25) is 14.8 Å². The van der Waals surface area contributed by atoms with Crippen LogP contribution < -0.4 is 11.2 Å². The summed E-state index contributed by atoms with van der Waals surface area (Å²) in [4.78, 5) is 26.5. The number of Topliss-reactive ketones (excluding diaryl/α,β-unsaturated/α-hetero) is 1. The molecule has 0 unspecified atom stereocenters. The van der Waals surface area contributed by atoms with Crippen molar-refractivity contribution in [2.75, 3.05) is 5.73 Å². The van der Waals surface area contributed by atoms with Gasteiger partial charge in [-0.2, -0.15) is 0 Å². The number of nitrogen functional groups attached to an aromatic ring is 1. The van der Waals surface area contributed by atoms with Gasteiger partial charge >= 0.3 is 0 Å². The van der Waals surface area contributed by atoms with Gasteiger partial charge in [-0.05, 0) is 33.6 Å². The summed E-state index contributed by atoms with van der Waals surface area (Å²) in [6, 6.07) is 25.2. The third kappa shape index (κ3) is 4.66. The van der Waals surface area contributed by atoms with Crippen molar-refractivity contribution < 1.29 is 19.4 Å². The Morgan fingerprint density at radius 2 is 1.62 bits per heavy atom. The minimum atomic E-state index is -0.0472. The zero-order valence-corrected chi connectivity index (χ0v) is 17.8. The second-order valence-corrected chi connectivity index (χ2v) is 7.12. The lowest BCUT2D eigenvalue weighted by Gasteiger charge is -2.08. The Balaban J connectivity index is 0.000000636. The van der Waals surface area contributed by atoms with Crippen LogP contribution in [-0.4, -0.2) is 37.3 Å². The number of carbonyl (C=O) groups is 2. The molecule has 0 aliphatic carbocycles. The fourth-order valence-corrected chi connectivity index (χ4v) is 3.48. The van der Waals surface area contributed by atoms with Gasteiger partial charge in [0.1, 0.15) is 0 Å². The van der Waals surface area contributed by atoms with Gasteiger partial charge in [0.2, 0.25) is 6.41 Å². The number of hydrogen-bond donors (Lipinski definition) is 3. The minimum absolute atomic E-state index is 0.0472. The molecule has 5 rings (SSSR count). The number of hydroxylamine groups is 1. The lowest BCUT2D eigenvalue weighted by molar-refractivity contribution is -0.116. The third-order valence-corrected chi connectivity index (χ3v) is 5.05. The number of hydrogen-bond acceptors (Lipinski definition) is 8. The SMILES string of the molecule is Nc1nonc1-c1nc2ccccc2n1CC(=O)c1ccc(-c2ccccc2)cc1.O=CNO. The van der Waals surface area contributed by atoms with Crippen molar-refractivity contribution in [2.45, 2.75) is 6.54 Å². The molecule has 0 radical (unpaired) electrons. The predicted molar refractivity (Wildman–Crippen MR) is 125 cm³/mol. The van der Waals surface area contributed by atoms with Gasteiger partial charge in [0, 0.05) is 5.56 Å². The molecule has 0 spiro atoms. The summed E-state index contributed by atoms with van der Waals surface area (Å²) in [7, 11) is 0. The van der Waals surface area contributed by atoms with Crippen molar-refractivity contribution >= 4 is 29.0 Å². The largest absolute Gasteiger partial charge is 0.379 e. The Bertz CT molecular complexity index is 1410. The summed E-state index contributed by atoms with van der Waals surface area (Å²) >= 11 is 0. The normalized spacial score (nSPS) is 10.4. The van der Waals surface area contributed by atoms with Crippen LogP contribution in [0, 0.1) is 0 Å². The minimum Gasteiger partial charge on any atom is -0.379 e. The maximum Gasteiger partial charge on any atom is 0.230 e. The second kappa shape index (κ2) is 10.2. The number of amides is 1. The summed E-state index contributed by atoms with van der Waals surface area (Å²) in [6.07, 6.45) is 0.181. The van der Waals surface area contributed by atoms with Crippen LogP contribution in [0.4, 0.5) is 5.82 Å². The van der Waals surface area contributed by atoms with E-state index in [2.05, 4.69) is 15.3 Å². The Morgan fingerprint density at radius 3 is 2.26 bits per heavy atom. The molecule has 170 valence electrons. The molecule has 0 aliphatic rings. The van der Waals surface area contributed by atoms with Crippen LogP contribution in [0.5, 0.6) is 0 Å². The van der Waals surface area contributed by atoms with Crippen LogP contribution in [0.25, 0.3) is 33.7 Å². The number of carbonyl (C=O) groups excluding carboxylic acids is 2. The molecule has 0 bridgehead atoms. The molecule has 0 atom stereocenters. The molecule has 3 aromatic carbocycles. The van der Waals surface area contributed by atoms with Crippen LogP contribution >= 0.6 is 0 Å². The van der Waals surface area contributed by atoms with Crippen molar-refractivity contribution in [1.82, 2.24) is 25.3 Å². The first-order valence-electron chi connectivity index (χ1n) is 10.2. The average molecular weight is 456 g/mol. The molecule has 0 saturated heterocycles. The lowest BCUT2D eigenvalue weighted by atomic mass is 10.0. The van der Waals surface area contributed by atoms with Gasteiger partial charge in [0.25, 0.3) is 0 Å². The summed E-state index contributed by atoms with van der Waals surface area (Å²) in [6.45, 7) is 0.0901. The van der Waals surface area contributed by atoms with E-state index >= 15 is 0 Å². The standard InChI is InChI=1S/C23H17N5O2.CH3NO2/c24-22-21(26-30-27-22)23-25-18-8-4-5-9-19(18)28(23)14-20(29)17-12-10-16(11-13-17)15-6-2-1-3-7-15;3-1-2-4/h1-13H,14H2,(H2,24,27);1,4H,(H,2,3). The predicted octanol–water partition coefficient (Wildman–Crippen LogP) is 3.34. The second-order valence-electron chi connectivity index (χ2n) is 7.12. The maximum absolute atomic E-state index is 13.1. The first-order valence-corrected chi connectivity index (χ1v) is 10.2. The molecule has 4 N–H and O–H groups in total. The topological polar surface area (TPSA) is 149 Å². The molecule has 0 saturated carbocycles. The van der Waals surface area contributed by atoms with E-state index in [9.17, 15) is 4.79 Å². The van der Waals surface area contributed by atoms with E-state index in [4.69, 9.17) is 20.4 Å². The van der Waals surface area contributed by atoms with E-state index in [1.54, 1.807) is 4.57 Å². The smallest absolute Gasteiger partial charge is 0.230 e. The van der Waals surface area contributed by atoms with Crippen molar-refractivity contribution in [3.05, 3.63) is 84.4 Å². The van der Waals surface area contributed by atoms with E-state index in [0.29, 0.717) is 17.1 Å². The van der Waals surface area contributed by atoms with E-state index in [1.807, 2.05) is 78.9 Å². The summed E-state index contributed by atoms with van der Waals surface area (Å²) in [5.41, 5.74) is 11.8. The fraction of sp³-hybridized carbons (Fsp3) is 0.0417. The van der Waals surface area contributed by atoms with Gasteiger partial charge in [-0.1, -0.05) is 66.7 Å². The molecular formula is C24H20N6O4. The molecule has 10 heteroatoms. The quantitative estimate of drug-likeness (QED) is 0.152. The first kappa shape index (κ1) is 22.4. The number of aromatic nitrogens is 4. The Morgan fingerprint density at radius 1 is 0.971 bits per heavy atom. The van der Waals surface area contributed by atoms with Crippen LogP contribution in [0.3, 0.4) is 0 Å². The highest BCUT2D eigenvalue weighted by Gasteiger charge is 2.21. The van der Waals surface area contributed by atoms with Gasteiger partial charge in [-0.15, -0.1) is 0 Å². The van der Waals surface area contributed by atoms with Crippen LogP contribution in [0.1, 0.15) is 10.4 Å². The number of imidazole rings is 1. The molecule has 5 aromatic rings. The maximum atomic E-state index is 13.1. The third-order valence-electron chi connectivity index (χ3n) is 5.05. The highest BCUT2D eigenvalue weighted by molar-refractivity contribution is 5.97. The van der Waals surface area contributed by atoms with Crippen molar-refractivity contribution in [3.8, 4) is 22.6 Å². The van der Waals surface area contributed by atoms with E-state index in [-0.39, 0.29) is 24.6 Å². The molecular weight excluding hydrogens is 436 g/mol. The monoisotopic (exact) mass is 456 g/mol. The number of nitrogens with two attached hydrogens (primary N) is 1. The number of anilines is 1. The lowest BCUT2D eigenvalue weighted by Crippen LogP contribution is -2.12. The van der Waals surface area contributed by atoms with Crippen molar-refractivity contribution in [1.29, 1.82) is 0 Å². The van der Waals surface area contributed by atoms with E-state index in [1.165, 1.54) is 5.48 Å². The Kier molecular flexibility index (Phi) is 6.70. The molecule has 2 heterocycles. The molecule has 1 amide bonds. The number of benzene rings is 3. The number of fused-ring (bicyclic) bond motifs is 1. The highest BCUT2D eigenvalue weighted by Crippen LogP contribution is 2.27. The van der Waals surface area contributed by atoms with E-state index < -0.39 is 0 Å². The summed E-state index contributed by atoms with van der Waals surface area (Å²) in [5.74, 6) is 0.532. The van der Waals surface area contributed by atoms with Crippen LogP contribution in [-0.2, 0) is 11.3 Å². The molecule has 0 aliphatic heterocycles. The number of para-hydroxylation sites is 2. The zero-order valence-electron chi connectivity index (χ0n) is 17.8. The fourth-order valence-electron chi connectivity index (χ4n) is 3.48. The molecule has 10 nitrogen and oxygen atoms in total. The average Bonchev–Trinajstić information content (AvgIpc) is 3.48. The summed E-state index contributed by atoms with van der Waals surface area (Å²) in [5, 5.41) is 14.8. The number of nitrogens with zero attached hydrogens (tertiary/aromatic N) is 4. The first-order chi connectivity index (χ1) is 16.6. The van der Waals surface area contributed by atoms with Gasteiger partial charge in [0.15, 0.2) is 23.1 Å². The Hall–Kier alpha value is -4.83. The molecule has 2 aromatic heterocycles. The van der Waals surface area contributed by atoms with Gasteiger partial charge in [0.05, 0.1) is 17.6 Å². The van der Waals surface area contributed by atoms with Crippen LogP contribution in [0.2, 0.25) is 0 Å². The number of rotatable bonds is 6. The van der Waals surface area contributed by atoms with Crippen molar-refractivity contribution in [3.63, 3.8) is 0 Å². The zero-order chi connectivity index (χ0) is 23.9. The number of ketones is 1. The summed E-state index contributed by atoms with van der Waals surface area (Å²) < 4.78 is 6.52. The Labute approximate surface area is 193 Å². The van der Waals surface area contributed by atoms with E-state index in [0.717, 1.165) is 22.2 Å². The number of nitrogens with one attached hydrogen (secondary N) is 1. The molecule has 0 fully saturated rings. The van der Waals surface area contributed by atoms with Crippen LogP contribution in [0.15, 0.2) is 83.5 Å². The molecule has 34 heavy (non-hydrogen) atoms. The highest BCUT2D eigenvalue weighted by atomic mass is 16.6.